The molecule has 0 fully saturated rings. The maximum Gasteiger partial charge on any atom is 0.340 e. The molecule has 0 radical (unpaired) electrons. The summed E-state index contributed by atoms with van der Waals surface area (Å²) in [5.74, 6) is -0.293. The van der Waals surface area contributed by atoms with Crippen molar-refractivity contribution >= 4 is 18.2 Å². The van der Waals surface area contributed by atoms with E-state index in [4.69, 9.17) is 0 Å². The summed E-state index contributed by atoms with van der Waals surface area (Å²) in [5, 5.41) is 4.72. The van der Waals surface area contributed by atoms with E-state index in [9.17, 15) is 9.59 Å². The summed E-state index contributed by atoms with van der Waals surface area (Å²) in [6, 6.07) is -0.442. The Morgan fingerprint density at radius 3 is 2.75 bits per heavy atom. The van der Waals surface area contributed by atoms with Crippen molar-refractivity contribution in [3.8, 4) is 0 Å². The van der Waals surface area contributed by atoms with Crippen molar-refractivity contribution in [2.24, 2.45) is 4.99 Å². The van der Waals surface area contributed by atoms with Crippen LogP contribution in [0, 0.1) is 0 Å². The van der Waals surface area contributed by atoms with Gasteiger partial charge in [-0.1, -0.05) is 6.58 Å². The molecule has 66 valence electrons. The topological polar surface area (TPSA) is 70.6 Å². The van der Waals surface area contributed by atoms with Crippen molar-refractivity contribution in [2.75, 3.05) is 13.6 Å². The van der Waals surface area contributed by atoms with Gasteiger partial charge in [-0.3, -0.25) is 4.79 Å². The van der Waals surface area contributed by atoms with E-state index in [0.29, 0.717) is 0 Å². The minimum atomic E-state index is -0.442. The van der Waals surface area contributed by atoms with Crippen LogP contribution in [0.5, 0.6) is 0 Å². The van der Waals surface area contributed by atoms with Gasteiger partial charge in [0.1, 0.15) is 0 Å². The maximum atomic E-state index is 10.5. The first-order chi connectivity index (χ1) is 5.70. The van der Waals surface area contributed by atoms with Crippen LogP contribution in [-0.4, -0.2) is 31.7 Å². The number of amides is 3. The lowest BCUT2D eigenvalue weighted by atomic mass is 10.5. The van der Waals surface area contributed by atoms with Gasteiger partial charge in [-0.25, -0.2) is 9.79 Å². The quantitative estimate of drug-likeness (QED) is 0.449. The molecule has 0 saturated heterocycles. The number of aliphatic imine (C=N–C) groups is 1. The van der Waals surface area contributed by atoms with Gasteiger partial charge in [0.25, 0.3) is 0 Å². The van der Waals surface area contributed by atoms with Crippen LogP contribution >= 0.6 is 0 Å². The number of hydrogen-bond acceptors (Lipinski definition) is 2. The number of nitrogens with zero attached hydrogens (tertiary/aromatic N) is 1. The molecule has 12 heavy (non-hydrogen) atoms. The number of carbonyl (C=O) groups is 2. The smallest absolute Gasteiger partial charge is 0.340 e. The number of urea groups is 1. The number of nitrogens with one attached hydrogen (secondary N) is 2. The fourth-order valence-electron chi connectivity index (χ4n) is 0.412. The van der Waals surface area contributed by atoms with E-state index in [2.05, 4.69) is 22.2 Å². The Hall–Kier alpha value is -1.65. The number of rotatable bonds is 3. The molecule has 0 aliphatic rings. The van der Waals surface area contributed by atoms with E-state index >= 15 is 0 Å². The van der Waals surface area contributed by atoms with E-state index in [0.717, 1.165) is 6.08 Å². The summed E-state index contributed by atoms with van der Waals surface area (Å²) in [6.45, 7) is 3.48. The van der Waals surface area contributed by atoms with Gasteiger partial charge in [0.15, 0.2) is 0 Å². The Labute approximate surface area is 70.6 Å². The fourth-order valence-corrected chi connectivity index (χ4v) is 0.412. The molecule has 0 aromatic rings. The van der Waals surface area contributed by atoms with Crippen molar-refractivity contribution in [3.05, 3.63) is 12.7 Å². The molecule has 0 aromatic carbocycles. The average Bonchev–Trinajstić information content (AvgIpc) is 2.11. The molecule has 0 heterocycles. The summed E-state index contributed by atoms with van der Waals surface area (Å²) in [7, 11) is 1.47. The number of hydrogen-bond donors (Lipinski definition) is 2. The normalized spacial score (nSPS) is 9.42. The molecule has 0 bridgehead atoms. The lowest BCUT2D eigenvalue weighted by molar-refractivity contribution is -0.116. The van der Waals surface area contributed by atoms with Gasteiger partial charge in [0, 0.05) is 13.3 Å². The van der Waals surface area contributed by atoms with E-state index in [1.807, 2.05) is 0 Å². The molecule has 0 aliphatic heterocycles. The van der Waals surface area contributed by atoms with Crippen molar-refractivity contribution in [1.82, 2.24) is 10.6 Å². The zero-order valence-corrected chi connectivity index (χ0v) is 6.83. The van der Waals surface area contributed by atoms with Crippen LogP contribution in [0.15, 0.2) is 17.6 Å². The third kappa shape index (κ3) is 5.16. The van der Waals surface area contributed by atoms with Crippen LogP contribution in [0.3, 0.4) is 0 Å². The van der Waals surface area contributed by atoms with Gasteiger partial charge in [0.2, 0.25) is 5.91 Å². The van der Waals surface area contributed by atoms with Crippen molar-refractivity contribution in [3.63, 3.8) is 0 Å². The molecular formula is C7H11N3O2. The summed E-state index contributed by atoms with van der Waals surface area (Å²) < 4.78 is 0. The summed E-state index contributed by atoms with van der Waals surface area (Å²) in [5.41, 5.74) is 0. The first kappa shape index (κ1) is 10.3. The molecule has 0 saturated carbocycles. The van der Waals surface area contributed by atoms with Crippen LogP contribution in [-0.2, 0) is 4.79 Å². The van der Waals surface area contributed by atoms with Crippen LogP contribution < -0.4 is 10.6 Å². The molecule has 0 unspecified atom stereocenters. The molecular weight excluding hydrogens is 158 g/mol. The van der Waals surface area contributed by atoms with Crippen LogP contribution in [0.2, 0.25) is 0 Å². The molecule has 0 spiro atoms. The van der Waals surface area contributed by atoms with Gasteiger partial charge in [-0.15, -0.1) is 0 Å². The fraction of sp³-hybridized carbons (Fsp3) is 0.286. The monoisotopic (exact) mass is 169 g/mol. The maximum absolute atomic E-state index is 10.5. The highest BCUT2D eigenvalue weighted by molar-refractivity contribution is 5.90. The van der Waals surface area contributed by atoms with Crippen LogP contribution in [0.1, 0.15) is 0 Å². The summed E-state index contributed by atoms with van der Waals surface area (Å²) >= 11 is 0. The van der Waals surface area contributed by atoms with Crippen molar-refractivity contribution in [1.29, 1.82) is 0 Å². The minimum absolute atomic E-state index is 0.221. The third-order valence-corrected chi connectivity index (χ3v) is 0.975. The lowest BCUT2D eigenvalue weighted by Crippen LogP contribution is -2.23. The Bertz CT molecular complexity index is 211. The van der Waals surface area contributed by atoms with Crippen molar-refractivity contribution in [2.45, 2.75) is 0 Å². The molecule has 0 rings (SSSR count). The molecule has 0 aliphatic carbocycles. The lowest BCUT2D eigenvalue weighted by Gasteiger charge is -1.94. The molecule has 0 aromatic heterocycles. The predicted octanol–water partition coefficient (Wildman–Crippen LogP) is -0.301. The second kappa shape index (κ2) is 6.09. The van der Waals surface area contributed by atoms with Gasteiger partial charge >= 0.3 is 6.03 Å². The van der Waals surface area contributed by atoms with E-state index in [-0.39, 0.29) is 12.5 Å². The van der Waals surface area contributed by atoms with E-state index in [1.165, 1.54) is 13.3 Å². The Morgan fingerprint density at radius 1 is 1.58 bits per heavy atom. The summed E-state index contributed by atoms with van der Waals surface area (Å²) in [4.78, 5) is 24.4. The van der Waals surface area contributed by atoms with Crippen molar-refractivity contribution < 1.29 is 9.59 Å². The minimum Gasteiger partial charge on any atom is -0.348 e. The van der Waals surface area contributed by atoms with Gasteiger partial charge < -0.3 is 10.6 Å². The van der Waals surface area contributed by atoms with E-state index < -0.39 is 6.03 Å². The predicted molar refractivity (Wildman–Crippen MR) is 46.2 cm³/mol. The summed E-state index contributed by atoms with van der Waals surface area (Å²) in [6.07, 6.45) is 2.45. The zero-order chi connectivity index (χ0) is 9.40. The van der Waals surface area contributed by atoms with E-state index in [1.54, 1.807) is 0 Å². The van der Waals surface area contributed by atoms with Crippen LogP contribution in [0.4, 0.5) is 4.79 Å². The SMILES string of the molecule is C=CC(=O)NCC=NC(=O)NC. The standard InChI is InChI=1S/C7H11N3O2/c1-3-6(11)9-4-5-10-7(12)8-2/h3,5H,1,4H2,2H3,(H,8,12)(H,9,11). The first-order valence-electron chi connectivity index (χ1n) is 3.35. The highest BCUT2D eigenvalue weighted by Crippen LogP contribution is 1.69. The largest absolute Gasteiger partial charge is 0.348 e. The van der Waals surface area contributed by atoms with Gasteiger partial charge in [-0.2, -0.15) is 0 Å². The Kier molecular flexibility index (Phi) is 5.25. The molecule has 5 nitrogen and oxygen atoms in total. The first-order valence-corrected chi connectivity index (χ1v) is 3.35. The Balaban J connectivity index is 3.55. The van der Waals surface area contributed by atoms with Crippen LogP contribution in [0.25, 0.3) is 0 Å². The molecule has 3 amide bonds. The number of carbonyl (C=O) groups excluding carboxylic acids is 2. The highest BCUT2D eigenvalue weighted by atomic mass is 16.2. The molecule has 5 heteroatoms. The zero-order valence-electron chi connectivity index (χ0n) is 6.83. The average molecular weight is 169 g/mol. The molecule has 0 atom stereocenters. The van der Waals surface area contributed by atoms with Gasteiger partial charge in [-0.05, 0) is 6.08 Å². The molecule has 2 N–H and O–H groups in total. The van der Waals surface area contributed by atoms with Gasteiger partial charge in [0.05, 0.1) is 6.54 Å². The second-order valence-corrected chi connectivity index (χ2v) is 1.82. The third-order valence-electron chi connectivity index (χ3n) is 0.975. The second-order valence-electron chi connectivity index (χ2n) is 1.82. The highest BCUT2D eigenvalue weighted by Gasteiger charge is 1.90. The Morgan fingerprint density at radius 2 is 2.25 bits per heavy atom.